The summed E-state index contributed by atoms with van der Waals surface area (Å²) in [5, 5.41) is 15.3. The number of phenolic OH excluding ortho intramolecular Hbond substituents is 1. The minimum Gasteiger partial charge on any atom is -0.508 e. The number of hydrogen-bond acceptors (Lipinski definition) is 3. The molecule has 0 saturated carbocycles. The molecular formula is C23H30N2O3. The van der Waals surface area contributed by atoms with E-state index in [1.54, 1.807) is 30.3 Å². The van der Waals surface area contributed by atoms with Gasteiger partial charge in [0.05, 0.1) is 0 Å². The molecule has 2 aromatic carbocycles. The summed E-state index contributed by atoms with van der Waals surface area (Å²) in [4.78, 5) is 25.4. The first kappa shape index (κ1) is 21.5. The minimum absolute atomic E-state index is 0.171. The van der Waals surface area contributed by atoms with Crippen LogP contribution in [0.1, 0.15) is 54.1 Å². The average Bonchev–Trinajstić information content (AvgIpc) is 2.69. The lowest BCUT2D eigenvalue weighted by molar-refractivity contribution is -0.122. The van der Waals surface area contributed by atoms with Crippen LogP contribution in [0, 0.1) is 6.92 Å². The van der Waals surface area contributed by atoms with Crippen LogP contribution >= 0.6 is 0 Å². The van der Waals surface area contributed by atoms with Crippen LogP contribution in [-0.4, -0.2) is 29.5 Å². The highest BCUT2D eigenvalue weighted by atomic mass is 16.3. The summed E-state index contributed by atoms with van der Waals surface area (Å²) in [5.41, 5.74) is 2.30. The van der Waals surface area contributed by atoms with E-state index in [-0.39, 0.29) is 17.6 Å². The van der Waals surface area contributed by atoms with Gasteiger partial charge in [-0.2, -0.15) is 0 Å². The van der Waals surface area contributed by atoms with Crippen molar-refractivity contribution >= 4 is 11.8 Å². The van der Waals surface area contributed by atoms with Gasteiger partial charge in [0, 0.05) is 18.5 Å². The van der Waals surface area contributed by atoms with Gasteiger partial charge in [0.15, 0.2) is 0 Å². The lowest BCUT2D eigenvalue weighted by Crippen LogP contribution is -2.48. The fraction of sp³-hybridized carbons (Fsp3) is 0.391. The number of benzene rings is 2. The number of phenols is 1. The highest BCUT2D eigenvalue weighted by molar-refractivity contribution is 5.98. The molecule has 0 fully saturated rings. The highest BCUT2D eigenvalue weighted by Gasteiger charge is 2.22. The number of amides is 2. The number of aryl methyl sites for hydroxylation is 1. The fourth-order valence-corrected chi connectivity index (χ4v) is 3.03. The highest BCUT2D eigenvalue weighted by Crippen LogP contribution is 2.13. The molecule has 5 nitrogen and oxygen atoms in total. The van der Waals surface area contributed by atoms with Crippen molar-refractivity contribution in [1.29, 1.82) is 0 Å². The average molecular weight is 383 g/mol. The van der Waals surface area contributed by atoms with Gasteiger partial charge in [-0.25, -0.2) is 0 Å². The summed E-state index contributed by atoms with van der Waals surface area (Å²) in [5.74, 6) is -0.279. The molecule has 0 aliphatic carbocycles. The second-order valence-electron chi connectivity index (χ2n) is 7.06. The minimum atomic E-state index is -0.678. The fourth-order valence-electron chi connectivity index (χ4n) is 3.03. The number of hydrogen-bond donors (Lipinski definition) is 3. The maximum absolute atomic E-state index is 12.7. The summed E-state index contributed by atoms with van der Waals surface area (Å²) in [6.45, 7) is 4.62. The van der Waals surface area contributed by atoms with Gasteiger partial charge in [0.25, 0.3) is 5.91 Å². The van der Waals surface area contributed by atoms with E-state index in [2.05, 4.69) is 17.6 Å². The second kappa shape index (κ2) is 11.1. The quantitative estimate of drug-likeness (QED) is 0.548. The van der Waals surface area contributed by atoms with Crippen molar-refractivity contribution in [1.82, 2.24) is 10.6 Å². The van der Waals surface area contributed by atoms with Crippen molar-refractivity contribution in [3.05, 3.63) is 65.2 Å². The number of carbonyl (C=O) groups is 2. The van der Waals surface area contributed by atoms with Gasteiger partial charge in [0.1, 0.15) is 11.8 Å². The first-order valence-corrected chi connectivity index (χ1v) is 9.93. The molecule has 28 heavy (non-hydrogen) atoms. The molecule has 2 aromatic rings. The molecular weight excluding hydrogens is 352 g/mol. The van der Waals surface area contributed by atoms with E-state index in [1.807, 2.05) is 25.1 Å². The topological polar surface area (TPSA) is 78.4 Å². The van der Waals surface area contributed by atoms with Gasteiger partial charge < -0.3 is 15.7 Å². The molecule has 0 heterocycles. The Labute approximate surface area is 167 Å². The first-order chi connectivity index (χ1) is 13.5. The Bertz CT molecular complexity index is 772. The van der Waals surface area contributed by atoms with E-state index in [0.29, 0.717) is 18.5 Å². The molecule has 1 unspecified atom stereocenters. The zero-order valence-corrected chi connectivity index (χ0v) is 16.7. The van der Waals surface area contributed by atoms with Crippen molar-refractivity contribution in [3.8, 4) is 5.75 Å². The Morgan fingerprint density at radius 3 is 2.39 bits per heavy atom. The SMILES string of the molecule is CCCCCCNC(=O)C(Cc1ccc(O)cc1)NC(=O)c1ccccc1C. The summed E-state index contributed by atoms with van der Waals surface area (Å²) < 4.78 is 0. The third-order valence-corrected chi connectivity index (χ3v) is 4.72. The molecule has 1 atom stereocenters. The molecule has 0 radical (unpaired) electrons. The van der Waals surface area contributed by atoms with Crippen molar-refractivity contribution < 1.29 is 14.7 Å². The van der Waals surface area contributed by atoms with Crippen molar-refractivity contribution in [2.45, 2.75) is 52.0 Å². The zero-order valence-electron chi connectivity index (χ0n) is 16.7. The number of unbranched alkanes of at least 4 members (excludes halogenated alkanes) is 3. The molecule has 0 saturated heterocycles. The molecule has 5 heteroatoms. The summed E-state index contributed by atoms with van der Waals surface area (Å²) in [6.07, 6.45) is 4.66. The van der Waals surface area contributed by atoms with Crippen LogP contribution in [0.4, 0.5) is 0 Å². The molecule has 0 spiro atoms. The number of nitrogens with one attached hydrogen (secondary N) is 2. The molecule has 0 bridgehead atoms. The molecule has 2 rings (SSSR count). The van der Waals surface area contributed by atoms with Gasteiger partial charge >= 0.3 is 0 Å². The predicted octanol–water partition coefficient (Wildman–Crippen LogP) is 3.74. The lowest BCUT2D eigenvalue weighted by Gasteiger charge is -2.19. The van der Waals surface area contributed by atoms with Crippen molar-refractivity contribution in [3.63, 3.8) is 0 Å². The Balaban J connectivity index is 2.06. The van der Waals surface area contributed by atoms with Crippen LogP contribution in [0.3, 0.4) is 0 Å². The number of rotatable bonds is 10. The third-order valence-electron chi connectivity index (χ3n) is 4.72. The van der Waals surface area contributed by atoms with Crippen LogP contribution in [0.25, 0.3) is 0 Å². The lowest BCUT2D eigenvalue weighted by atomic mass is 10.0. The number of aromatic hydroxyl groups is 1. The van der Waals surface area contributed by atoms with Crippen LogP contribution in [0.5, 0.6) is 5.75 Å². The molecule has 0 aliphatic rings. The maximum atomic E-state index is 12.7. The van der Waals surface area contributed by atoms with Crippen LogP contribution in [-0.2, 0) is 11.2 Å². The van der Waals surface area contributed by atoms with Gasteiger partial charge in [-0.05, 0) is 42.7 Å². The normalized spacial score (nSPS) is 11.6. The predicted molar refractivity (Wildman–Crippen MR) is 111 cm³/mol. The Hall–Kier alpha value is -2.82. The standard InChI is InChI=1S/C23H30N2O3/c1-3-4-5-8-15-24-23(28)21(16-18-11-13-19(26)14-12-18)25-22(27)20-10-7-6-9-17(20)2/h6-7,9-14,21,26H,3-5,8,15-16H2,1-2H3,(H,24,28)(H,25,27). The van der Waals surface area contributed by atoms with Gasteiger partial charge in [-0.3, -0.25) is 9.59 Å². The van der Waals surface area contributed by atoms with Gasteiger partial charge in [-0.15, -0.1) is 0 Å². The van der Waals surface area contributed by atoms with E-state index < -0.39 is 6.04 Å². The van der Waals surface area contributed by atoms with Crippen molar-refractivity contribution in [2.75, 3.05) is 6.54 Å². The zero-order chi connectivity index (χ0) is 20.4. The van der Waals surface area contributed by atoms with Gasteiger partial charge in [-0.1, -0.05) is 56.5 Å². The first-order valence-electron chi connectivity index (χ1n) is 9.93. The monoisotopic (exact) mass is 382 g/mol. The second-order valence-corrected chi connectivity index (χ2v) is 7.06. The number of carbonyl (C=O) groups excluding carboxylic acids is 2. The van der Waals surface area contributed by atoms with Crippen molar-refractivity contribution in [2.24, 2.45) is 0 Å². The summed E-state index contributed by atoms with van der Waals surface area (Å²) in [7, 11) is 0. The van der Waals surface area contributed by atoms with Gasteiger partial charge in [0.2, 0.25) is 5.91 Å². The largest absolute Gasteiger partial charge is 0.508 e. The molecule has 150 valence electrons. The Morgan fingerprint density at radius 1 is 1.00 bits per heavy atom. The molecule has 2 amide bonds. The Morgan fingerprint density at radius 2 is 1.71 bits per heavy atom. The molecule has 0 aromatic heterocycles. The van der Waals surface area contributed by atoms with E-state index in [9.17, 15) is 14.7 Å². The van der Waals surface area contributed by atoms with E-state index >= 15 is 0 Å². The van der Waals surface area contributed by atoms with Crippen LogP contribution < -0.4 is 10.6 Å². The van der Waals surface area contributed by atoms with E-state index in [1.165, 1.54) is 0 Å². The van der Waals surface area contributed by atoms with Crippen LogP contribution in [0.15, 0.2) is 48.5 Å². The third kappa shape index (κ3) is 6.72. The van der Waals surface area contributed by atoms with Crippen LogP contribution in [0.2, 0.25) is 0 Å². The molecule has 0 aliphatic heterocycles. The Kier molecular flexibility index (Phi) is 8.53. The van der Waals surface area contributed by atoms with E-state index in [4.69, 9.17) is 0 Å². The summed E-state index contributed by atoms with van der Waals surface area (Å²) in [6, 6.07) is 13.3. The van der Waals surface area contributed by atoms with E-state index in [0.717, 1.165) is 36.8 Å². The maximum Gasteiger partial charge on any atom is 0.252 e. The molecule has 3 N–H and O–H groups in total. The summed E-state index contributed by atoms with van der Waals surface area (Å²) >= 11 is 0. The smallest absolute Gasteiger partial charge is 0.252 e.